The van der Waals surface area contributed by atoms with E-state index in [2.05, 4.69) is 5.32 Å². The number of benzene rings is 2. The van der Waals surface area contributed by atoms with Crippen LogP contribution in [0.5, 0.6) is 5.75 Å². The van der Waals surface area contributed by atoms with Gasteiger partial charge in [0.05, 0.1) is 24.2 Å². The van der Waals surface area contributed by atoms with Crippen molar-refractivity contribution in [2.75, 3.05) is 32.8 Å². The molecule has 0 aromatic heterocycles. The van der Waals surface area contributed by atoms with E-state index >= 15 is 0 Å². The summed E-state index contributed by atoms with van der Waals surface area (Å²) in [6, 6.07) is 11.0. The molecule has 6 nitrogen and oxygen atoms in total. The van der Waals surface area contributed by atoms with Gasteiger partial charge in [0.1, 0.15) is 5.75 Å². The predicted molar refractivity (Wildman–Crippen MR) is 100 cm³/mol. The van der Waals surface area contributed by atoms with Crippen LogP contribution in [0.1, 0.15) is 13.3 Å². The molecule has 2 atom stereocenters. The van der Waals surface area contributed by atoms with Crippen LogP contribution >= 0.6 is 0 Å². The first-order chi connectivity index (χ1) is 12.6. The van der Waals surface area contributed by atoms with Gasteiger partial charge in [-0.2, -0.15) is 4.31 Å². The Kier molecular flexibility index (Phi) is 4.88. The monoisotopic (exact) mass is 376 g/mol. The molecule has 2 aromatic rings. The zero-order valence-corrected chi connectivity index (χ0v) is 15.7. The van der Waals surface area contributed by atoms with Gasteiger partial charge in [0.25, 0.3) is 0 Å². The molecule has 0 aliphatic carbocycles. The molecule has 2 fully saturated rings. The molecule has 0 radical (unpaired) electrons. The van der Waals surface area contributed by atoms with Gasteiger partial charge in [0.2, 0.25) is 10.0 Å². The second-order valence-electron chi connectivity index (χ2n) is 6.66. The normalized spacial score (nSPS) is 24.3. The molecule has 2 saturated heterocycles. The Morgan fingerprint density at radius 3 is 2.85 bits per heavy atom. The van der Waals surface area contributed by atoms with Crippen molar-refractivity contribution >= 4 is 20.8 Å². The lowest BCUT2D eigenvalue weighted by molar-refractivity contribution is -0.0302. The van der Waals surface area contributed by atoms with E-state index in [0.29, 0.717) is 48.8 Å². The first-order valence-corrected chi connectivity index (χ1v) is 10.5. The molecule has 1 N–H and O–H groups in total. The molecular formula is C19H24N2O4S. The van der Waals surface area contributed by atoms with Crippen molar-refractivity contribution in [1.82, 2.24) is 9.62 Å². The van der Waals surface area contributed by atoms with Gasteiger partial charge in [0.15, 0.2) is 0 Å². The molecule has 0 amide bonds. The fraction of sp³-hybridized carbons (Fsp3) is 0.474. The topological polar surface area (TPSA) is 67.9 Å². The Balaban J connectivity index is 1.71. The van der Waals surface area contributed by atoms with E-state index in [-0.39, 0.29) is 12.1 Å². The van der Waals surface area contributed by atoms with Gasteiger partial charge in [0, 0.05) is 36.4 Å². The Labute approximate surface area is 154 Å². The Morgan fingerprint density at radius 2 is 2.04 bits per heavy atom. The van der Waals surface area contributed by atoms with Crippen molar-refractivity contribution in [3.8, 4) is 5.75 Å². The minimum Gasteiger partial charge on any atom is -0.493 e. The van der Waals surface area contributed by atoms with Crippen LogP contribution in [0.3, 0.4) is 0 Å². The Morgan fingerprint density at radius 1 is 1.23 bits per heavy atom. The van der Waals surface area contributed by atoms with Crippen molar-refractivity contribution in [3.05, 3.63) is 36.4 Å². The number of hydrogen-bond donors (Lipinski definition) is 1. The summed E-state index contributed by atoms with van der Waals surface area (Å²) in [7, 11) is -3.59. The smallest absolute Gasteiger partial charge is 0.243 e. The fourth-order valence-electron chi connectivity index (χ4n) is 3.86. The highest BCUT2D eigenvalue weighted by molar-refractivity contribution is 7.89. The average molecular weight is 376 g/mol. The van der Waals surface area contributed by atoms with Crippen LogP contribution in [0.15, 0.2) is 41.3 Å². The van der Waals surface area contributed by atoms with Gasteiger partial charge in [-0.05, 0) is 25.5 Å². The number of nitrogens with zero attached hydrogens (tertiary/aromatic N) is 1. The minimum absolute atomic E-state index is 0.0567. The first kappa shape index (κ1) is 17.7. The third-order valence-corrected chi connectivity index (χ3v) is 7.04. The highest BCUT2D eigenvalue weighted by Gasteiger charge is 2.37. The summed E-state index contributed by atoms with van der Waals surface area (Å²) >= 11 is 0. The molecule has 2 aliphatic heterocycles. The van der Waals surface area contributed by atoms with E-state index in [1.165, 1.54) is 0 Å². The molecule has 0 saturated carbocycles. The van der Waals surface area contributed by atoms with Gasteiger partial charge < -0.3 is 14.8 Å². The van der Waals surface area contributed by atoms with Crippen LogP contribution in [-0.2, 0) is 14.8 Å². The van der Waals surface area contributed by atoms with E-state index < -0.39 is 10.0 Å². The first-order valence-electron chi connectivity index (χ1n) is 9.11. The number of nitrogens with one attached hydrogen (secondary N) is 1. The molecule has 0 bridgehead atoms. The van der Waals surface area contributed by atoms with Crippen LogP contribution in [-0.4, -0.2) is 57.7 Å². The molecular weight excluding hydrogens is 352 g/mol. The van der Waals surface area contributed by atoms with Crippen LogP contribution in [0.2, 0.25) is 0 Å². The van der Waals surface area contributed by atoms with Crippen LogP contribution in [0.25, 0.3) is 10.8 Å². The summed E-state index contributed by atoms with van der Waals surface area (Å²) < 4.78 is 39.7. The predicted octanol–water partition coefficient (Wildman–Crippen LogP) is 1.99. The van der Waals surface area contributed by atoms with Gasteiger partial charge in [-0.3, -0.25) is 0 Å². The lowest BCUT2D eigenvalue weighted by atomic mass is 10.0. The Bertz CT molecular complexity index is 900. The van der Waals surface area contributed by atoms with E-state index in [0.717, 1.165) is 11.9 Å². The molecule has 2 heterocycles. The largest absolute Gasteiger partial charge is 0.493 e. The molecule has 7 heteroatoms. The number of rotatable bonds is 4. The summed E-state index contributed by atoms with van der Waals surface area (Å²) in [5, 5.41) is 4.91. The third-order valence-electron chi connectivity index (χ3n) is 5.11. The molecule has 4 rings (SSSR count). The summed E-state index contributed by atoms with van der Waals surface area (Å²) in [6.45, 7) is 4.83. The van der Waals surface area contributed by atoms with Crippen LogP contribution in [0.4, 0.5) is 0 Å². The number of ether oxygens (including phenoxy) is 2. The Hall–Kier alpha value is -1.67. The zero-order chi connectivity index (χ0) is 18.1. The van der Waals surface area contributed by atoms with Crippen molar-refractivity contribution in [2.45, 2.75) is 30.4 Å². The number of hydrogen-bond acceptors (Lipinski definition) is 5. The zero-order valence-electron chi connectivity index (χ0n) is 14.8. The summed E-state index contributed by atoms with van der Waals surface area (Å²) in [5.41, 5.74) is 0. The second-order valence-corrected chi connectivity index (χ2v) is 8.57. The third kappa shape index (κ3) is 3.09. The van der Waals surface area contributed by atoms with Crippen molar-refractivity contribution < 1.29 is 17.9 Å². The lowest BCUT2D eigenvalue weighted by Crippen LogP contribution is -2.59. The molecule has 26 heavy (non-hydrogen) atoms. The van der Waals surface area contributed by atoms with E-state index in [1.807, 2.05) is 31.2 Å². The highest BCUT2D eigenvalue weighted by atomic mass is 32.2. The van der Waals surface area contributed by atoms with Gasteiger partial charge in [-0.1, -0.05) is 24.3 Å². The summed E-state index contributed by atoms with van der Waals surface area (Å²) in [6.07, 6.45) is 0.818. The number of morpholine rings is 1. The van der Waals surface area contributed by atoms with Crippen LogP contribution < -0.4 is 10.1 Å². The van der Waals surface area contributed by atoms with Crippen molar-refractivity contribution in [2.24, 2.45) is 0 Å². The number of sulfonamides is 1. The van der Waals surface area contributed by atoms with Crippen molar-refractivity contribution in [3.63, 3.8) is 0 Å². The standard InChI is InChI=1S/C19H24N2O4S/c1-2-24-17-7-8-19(15-6-4-3-5-14(15)17)26(22,23)21-11-9-18-16(13-21)20-10-12-25-18/h3-8,16,18,20H,2,9-13H2,1H3/t16-,18+/m1/s1. The van der Waals surface area contributed by atoms with Gasteiger partial charge in [-0.25, -0.2) is 8.42 Å². The molecule has 140 valence electrons. The van der Waals surface area contributed by atoms with Crippen LogP contribution in [0, 0.1) is 0 Å². The quantitative estimate of drug-likeness (QED) is 0.884. The SMILES string of the molecule is CCOc1ccc(S(=O)(=O)N2CC[C@@H]3OCCN[C@@H]3C2)c2ccccc12. The maximum atomic E-state index is 13.4. The molecule has 0 spiro atoms. The van der Waals surface area contributed by atoms with E-state index in [4.69, 9.17) is 9.47 Å². The fourth-order valence-corrected chi connectivity index (χ4v) is 5.53. The van der Waals surface area contributed by atoms with Crippen molar-refractivity contribution in [1.29, 1.82) is 0 Å². The number of fused-ring (bicyclic) bond motifs is 2. The van der Waals surface area contributed by atoms with E-state index in [9.17, 15) is 8.42 Å². The van der Waals surface area contributed by atoms with Gasteiger partial charge >= 0.3 is 0 Å². The molecule has 2 aliphatic rings. The summed E-state index contributed by atoms with van der Waals surface area (Å²) in [5.74, 6) is 0.711. The summed E-state index contributed by atoms with van der Waals surface area (Å²) in [4.78, 5) is 0.340. The number of piperidine rings is 1. The second kappa shape index (κ2) is 7.15. The highest BCUT2D eigenvalue weighted by Crippen LogP contribution is 2.33. The average Bonchev–Trinajstić information content (AvgIpc) is 2.68. The minimum atomic E-state index is -3.59. The lowest BCUT2D eigenvalue weighted by Gasteiger charge is -2.40. The van der Waals surface area contributed by atoms with E-state index in [1.54, 1.807) is 16.4 Å². The maximum absolute atomic E-state index is 13.4. The molecule has 0 unspecified atom stereocenters. The maximum Gasteiger partial charge on any atom is 0.243 e. The van der Waals surface area contributed by atoms with Gasteiger partial charge in [-0.15, -0.1) is 0 Å². The molecule has 2 aromatic carbocycles.